The van der Waals surface area contributed by atoms with Crippen molar-refractivity contribution >= 4 is 72.4 Å². The lowest BCUT2D eigenvalue weighted by Gasteiger charge is -2.42. The van der Waals surface area contributed by atoms with Crippen LogP contribution in [0.4, 0.5) is 17.1 Å². The number of benzene rings is 7. The van der Waals surface area contributed by atoms with Gasteiger partial charge in [0.25, 0.3) is 0 Å². The van der Waals surface area contributed by atoms with Crippen molar-refractivity contribution in [1.29, 1.82) is 0 Å². The maximum atomic E-state index is 7.63. The minimum absolute atomic E-state index is 0.127. The van der Waals surface area contributed by atoms with E-state index in [-0.39, 0.29) is 10.8 Å². The molecule has 0 unspecified atom stereocenters. The first-order chi connectivity index (χ1) is 29.8. The number of fused-ring (bicyclic) bond motifs is 18. The molecule has 0 bridgehead atoms. The molecular formula is C57H39NOS2. The summed E-state index contributed by atoms with van der Waals surface area (Å²) in [7, 11) is 0. The maximum Gasteiger partial charge on any atom is 0.159 e. The van der Waals surface area contributed by atoms with E-state index in [0.29, 0.717) is 0 Å². The quantitative estimate of drug-likeness (QED) is 0.164. The first-order valence-electron chi connectivity index (χ1n) is 21.7. The average Bonchev–Trinajstić information content (AvgIpc) is 4.14. The lowest BCUT2D eigenvalue weighted by molar-refractivity contribution is 0.626. The Morgan fingerprint density at radius 1 is 0.459 bits per heavy atom. The van der Waals surface area contributed by atoms with E-state index in [9.17, 15) is 0 Å². The predicted molar refractivity (Wildman–Crippen MR) is 255 cm³/mol. The van der Waals surface area contributed by atoms with E-state index in [4.69, 9.17) is 4.42 Å². The van der Waals surface area contributed by atoms with E-state index in [1.165, 1.54) is 115 Å². The van der Waals surface area contributed by atoms with Crippen LogP contribution in [0.3, 0.4) is 0 Å². The molecule has 290 valence electrons. The van der Waals surface area contributed by atoms with Gasteiger partial charge in [-0.3, -0.25) is 0 Å². The third-order valence-corrected chi connectivity index (χ3v) is 17.7. The summed E-state index contributed by atoms with van der Waals surface area (Å²) in [6.45, 7) is 9.58. The molecule has 61 heavy (non-hydrogen) atoms. The van der Waals surface area contributed by atoms with Crippen molar-refractivity contribution in [2.24, 2.45) is 0 Å². The third-order valence-electron chi connectivity index (χ3n) is 15.7. The topological polar surface area (TPSA) is 16.4 Å². The Morgan fingerprint density at radius 3 is 1.93 bits per heavy atom. The van der Waals surface area contributed by atoms with Crippen LogP contribution in [0.25, 0.3) is 64.7 Å². The summed E-state index contributed by atoms with van der Waals surface area (Å²) in [5.41, 5.74) is 23.9. The Hall–Kier alpha value is -6.20. The molecule has 0 atom stereocenters. The summed E-state index contributed by atoms with van der Waals surface area (Å²) >= 11 is 3.78. The van der Waals surface area contributed by atoms with Gasteiger partial charge in [0, 0.05) is 36.9 Å². The number of furan rings is 1. The highest BCUT2D eigenvalue weighted by Gasteiger charge is 2.53. The van der Waals surface area contributed by atoms with Crippen LogP contribution in [0, 0.1) is 0 Å². The number of anilines is 3. The molecular weight excluding hydrogens is 779 g/mol. The molecule has 1 spiro atoms. The summed E-state index contributed by atoms with van der Waals surface area (Å²) in [4.78, 5) is 5.35. The highest BCUT2D eigenvalue weighted by molar-refractivity contribution is 7.21. The highest BCUT2D eigenvalue weighted by Crippen LogP contribution is 2.66. The van der Waals surface area contributed by atoms with E-state index in [2.05, 4.69) is 171 Å². The fourth-order valence-electron chi connectivity index (χ4n) is 13.0. The Kier molecular flexibility index (Phi) is 5.94. The maximum absolute atomic E-state index is 7.63. The van der Waals surface area contributed by atoms with Crippen LogP contribution in [0.15, 0.2) is 143 Å². The summed E-state index contributed by atoms with van der Waals surface area (Å²) in [6, 6.07) is 49.3. The van der Waals surface area contributed by atoms with E-state index >= 15 is 0 Å². The molecule has 0 fully saturated rings. The smallest absolute Gasteiger partial charge is 0.159 e. The summed E-state index contributed by atoms with van der Waals surface area (Å²) < 4.78 is 7.63. The van der Waals surface area contributed by atoms with E-state index < -0.39 is 5.41 Å². The van der Waals surface area contributed by atoms with Crippen molar-refractivity contribution in [2.45, 2.75) is 56.8 Å². The normalized spacial score (nSPS) is 17.1. The number of para-hydroxylation sites is 2. The van der Waals surface area contributed by atoms with Crippen LogP contribution in [0.1, 0.15) is 83.3 Å². The van der Waals surface area contributed by atoms with Crippen LogP contribution in [-0.2, 0) is 29.1 Å². The predicted octanol–water partition coefficient (Wildman–Crippen LogP) is 15.7. The van der Waals surface area contributed by atoms with Crippen LogP contribution in [0.5, 0.6) is 0 Å². The van der Waals surface area contributed by atoms with Gasteiger partial charge in [0.15, 0.2) is 5.58 Å². The van der Waals surface area contributed by atoms with Crippen molar-refractivity contribution < 1.29 is 4.42 Å². The zero-order valence-corrected chi connectivity index (χ0v) is 36.0. The van der Waals surface area contributed by atoms with Gasteiger partial charge in [-0.1, -0.05) is 119 Å². The molecule has 0 saturated heterocycles. The summed E-state index contributed by atoms with van der Waals surface area (Å²) in [6.07, 6.45) is 2.20. The van der Waals surface area contributed by atoms with Crippen molar-refractivity contribution in [2.75, 3.05) is 4.90 Å². The molecule has 10 aromatic rings. The van der Waals surface area contributed by atoms with Gasteiger partial charge >= 0.3 is 0 Å². The van der Waals surface area contributed by atoms with Crippen LogP contribution in [0.2, 0.25) is 0 Å². The van der Waals surface area contributed by atoms with Gasteiger partial charge < -0.3 is 9.32 Å². The van der Waals surface area contributed by atoms with Gasteiger partial charge in [-0.05, 0) is 143 Å². The molecule has 2 nitrogen and oxygen atoms in total. The SMILES string of the molecule is CC1(C)c2ccccc2-c2cc3c(cc21)N(c1cccc2c1oc1c4c(ccc12)C1(c2ccsc2-c2sccc21)c1ccc2c5c(ccc-4c15)CC2)c1ccccc1C3(C)C. The first-order valence-corrected chi connectivity index (χ1v) is 23.5. The van der Waals surface area contributed by atoms with Crippen LogP contribution >= 0.6 is 22.7 Å². The van der Waals surface area contributed by atoms with Crippen LogP contribution < -0.4 is 4.90 Å². The molecule has 15 rings (SSSR count). The second-order valence-electron chi connectivity index (χ2n) is 19.1. The second kappa shape index (κ2) is 10.8. The third kappa shape index (κ3) is 3.69. The Labute approximate surface area is 362 Å². The molecule has 4 heteroatoms. The fraction of sp³-hybridized carbons (Fsp3) is 0.158. The van der Waals surface area contributed by atoms with Gasteiger partial charge in [-0.2, -0.15) is 0 Å². The number of aryl methyl sites for hydroxylation is 2. The second-order valence-corrected chi connectivity index (χ2v) is 20.9. The molecule has 0 N–H and O–H groups in total. The molecule has 0 amide bonds. The Morgan fingerprint density at radius 2 is 1.13 bits per heavy atom. The molecule has 7 aromatic carbocycles. The van der Waals surface area contributed by atoms with Gasteiger partial charge in [0.2, 0.25) is 0 Å². The van der Waals surface area contributed by atoms with Crippen molar-refractivity contribution in [3.63, 3.8) is 0 Å². The van der Waals surface area contributed by atoms with Crippen molar-refractivity contribution in [1.82, 2.24) is 0 Å². The molecule has 4 heterocycles. The number of thiophene rings is 2. The number of rotatable bonds is 1. The van der Waals surface area contributed by atoms with Crippen molar-refractivity contribution in [3.05, 3.63) is 194 Å². The largest absolute Gasteiger partial charge is 0.453 e. The molecule has 4 aliphatic carbocycles. The fourth-order valence-corrected chi connectivity index (χ4v) is 15.1. The van der Waals surface area contributed by atoms with Crippen LogP contribution in [-0.4, -0.2) is 0 Å². The molecule has 0 radical (unpaired) electrons. The molecule has 1 aliphatic heterocycles. The molecule has 0 saturated carbocycles. The van der Waals surface area contributed by atoms with E-state index in [1.54, 1.807) is 0 Å². The zero-order chi connectivity index (χ0) is 40.3. The summed E-state index contributed by atoms with van der Waals surface area (Å²) in [5.74, 6) is 0. The van der Waals surface area contributed by atoms with E-state index in [1.807, 2.05) is 22.7 Å². The number of hydrogen-bond acceptors (Lipinski definition) is 4. The number of hydrogen-bond donors (Lipinski definition) is 0. The highest BCUT2D eigenvalue weighted by atomic mass is 32.1. The standard InChI is InChI=1S/C57H39NOS2/c1-55(2)37-12-6-5-10-32(37)36-28-44-47(29-43(36)55)58(45-14-8-7-13-38(45)56(44,3)4)46-15-9-11-33-34-21-23-40-50(52(34)59-51(33)46)35-20-18-30-16-17-31-19-22-39(49(35)48(30)31)57(40)41-24-26-60-53(41)54-42(57)25-27-61-54/h5-15,18-29H,16-17H2,1-4H3. The lowest BCUT2D eigenvalue weighted by atomic mass is 9.61. The lowest BCUT2D eigenvalue weighted by Crippen LogP contribution is -2.31. The monoisotopic (exact) mass is 817 g/mol. The van der Waals surface area contributed by atoms with E-state index in [0.717, 1.165) is 35.1 Å². The Bertz CT molecular complexity index is 3630. The van der Waals surface area contributed by atoms with Crippen molar-refractivity contribution in [3.8, 4) is 32.0 Å². The first kappa shape index (κ1) is 33.5. The molecule has 5 aliphatic rings. The van der Waals surface area contributed by atoms with Gasteiger partial charge in [0.05, 0.1) is 22.5 Å². The Balaban J connectivity index is 1.05. The number of nitrogens with zero attached hydrogens (tertiary/aromatic N) is 1. The van der Waals surface area contributed by atoms with Gasteiger partial charge in [-0.25, -0.2) is 0 Å². The summed E-state index contributed by atoms with van der Waals surface area (Å²) in [5, 5.41) is 9.82. The van der Waals surface area contributed by atoms with Gasteiger partial charge in [0.1, 0.15) is 5.58 Å². The minimum atomic E-state index is -0.413. The molecule has 3 aromatic heterocycles. The minimum Gasteiger partial charge on any atom is -0.453 e. The van der Waals surface area contributed by atoms with Gasteiger partial charge in [-0.15, -0.1) is 22.7 Å². The average molecular weight is 818 g/mol. The zero-order valence-electron chi connectivity index (χ0n) is 34.4.